The summed E-state index contributed by atoms with van der Waals surface area (Å²) < 4.78 is 10.6. The Morgan fingerprint density at radius 3 is 2.26 bits per heavy atom. The molecule has 31 heavy (non-hydrogen) atoms. The number of nitrogens with zero attached hydrogens (tertiary/aromatic N) is 2. The molecule has 1 N–H and O–H groups in total. The lowest BCUT2D eigenvalue weighted by Gasteiger charge is -2.15. The van der Waals surface area contributed by atoms with Gasteiger partial charge in [-0.05, 0) is 35.4 Å². The van der Waals surface area contributed by atoms with Crippen molar-refractivity contribution in [2.24, 2.45) is 0 Å². The van der Waals surface area contributed by atoms with Gasteiger partial charge in [0.25, 0.3) is 11.8 Å². The van der Waals surface area contributed by atoms with Crippen LogP contribution in [0.2, 0.25) is 0 Å². The standard InChI is InChI=1S/C24H21N3O4/c1-30-19-9-8-18(14-20(19)31-2)26-22-21(17-6-4-3-5-7-17)23(28)27(24(22)29)15-16-10-12-25-13-11-16/h3-14,26H,15H2,1-2H3. The van der Waals surface area contributed by atoms with Gasteiger partial charge in [0.2, 0.25) is 0 Å². The highest BCUT2D eigenvalue weighted by Gasteiger charge is 2.39. The van der Waals surface area contributed by atoms with Gasteiger partial charge in [-0.2, -0.15) is 0 Å². The van der Waals surface area contributed by atoms with Crippen LogP contribution in [0.15, 0.2) is 78.8 Å². The van der Waals surface area contributed by atoms with E-state index in [1.54, 1.807) is 49.8 Å². The number of hydrogen-bond acceptors (Lipinski definition) is 6. The van der Waals surface area contributed by atoms with Crippen molar-refractivity contribution in [2.75, 3.05) is 19.5 Å². The van der Waals surface area contributed by atoms with E-state index in [9.17, 15) is 9.59 Å². The summed E-state index contributed by atoms with van der Waals surface area (Å²) in [6.45, 7) is 0.160. The maximum absolute atomic E-state index is 13.3. The number of nitrogens with one attached hydrogen (secondary N) is 1. The highest BCUT2D eigenvalue weighted by molar-refractivity contribution is 6.36. The van der Waals surface area contributed by atoms with Crippen LogP contribution in [0.4, 0.5) is 5.69 Å². The SMILES string of the molecule is COc1ccc(NC2=C(c3ccccc3)C(=O)N(Cc3ccncc3)C2=O)cc1OC. The summed E-state index contributed by atoms with van der Waals surface area (Å²) in [6.07, 6.45) is 3.27. The molecule has 2 aromatic carbocycles. The number of benzene rings is 2. The Hall–Kier alpha value is -4.13. The fourth-order valence-electron chi connectivity index (χ4n) is 3.44. The first-order chi connectivity index (χ1) is 15.1. The highest BCUT2D eigenvalue weighted by Crippen LogP contribution is 2.34. The van der Waals surface area contributed by atoms with Gasteiger partial charge in [0.1, 0.15) is 5.70 Å². The van der Waals surface area contributed by atoms with Crippen molar-refractivity contribution in [3.05, 3.63) is 89.9 Å². The summed E-state index contributed by atoms with van der Waals surface area (Å²) in [5, 5.41) is 3.13. The molecule has 0 saturated carbocycles. The molecule has 0 fully saturated rings. The van der Waals surface area contributed by atoms with Gasteiger partial charge < -0.3 is 14.8 Å². The molecule has 1 aromatic heterocycles. The molecule has 1 aliphatic rings. The third-order valence-corrected chi connectivity index (χ3v) is 4.97. The summed E-state index contributed by atoms with van der Waals surface area (Å²) >= 11 is 0. The highest BCUT2D eigenvalue weighted by atomic mass is 16.5. The van der Waals surface area contributed by atoms with Gasteiger partial charge >= 0.3 is 0 Å². The number of methoxy groups -OCH3 is 2. The molecule has 0 saturated heterocycles. The topological polar surface area (TPSA) is 80.8 Å². The summed E-state index contributed by atoms with van der Waals surface area (Å²) in [6, 6.07) is 17.9. The van der Waals surface area contributed by atoms with Gasteiger partial charge in [0.15, 0.2) is 11.5 Å². The number of rotatable bonds is 7. The maximum Gasteiger partial charge on any atom is 0.278 e. The maximum atomic E-state index is 13.3. The van der Waals surface area contributed by atoms with Crippen molar-refractivity contribution in [3.8, 4) is 11.5 Å². The Morgan fingerprint density at radius 1 is 0.871 bits per heavy atom. The van der Waals surface area contributed by atoms with E-state index in [0.29, 0.717) is 28.3 Å². The first kappa shape index (κ1) is 20.2. The van der Waals surface area contributed by atoms with E-state index in [0.717, 1.165) is 5.56 Å². The number of hydrogen-bond donors (Lipinski definition) is 1. The smallest absolute Gasteiger partial charge is 0.278 e. The van der Waals surface area contributed by atoms with Crippen LogP contribution in [-0.4, -0.2) is 35.9 Å². The molecule has 2 amide bonds. The average molecular weight is 415 g/mol. The molecule has 1 aliphatic heterocycles. The molecule has 4 rings (SSSR count). The van der Waals surface area contributed by atoms with Crippen LogP contribution in [-0.2, 0) is 16.1 Å². The number of ether oxygens (including phenoxy) is 2. The molecule has 156 valence electrons. The average Bonchev–Trinajstić information content (AvgIpc) is 3.04. The van der Waals surface area contributed by atoms with E-state index in [1.807, 2.05) is 30.3 Å². The zero-order valence-corrected chi connectivity index (χ0v) is 17.2. The number of pyridine rings is 1. The Balaban J connectivity index is 1.73. The zero-order valence-electron chi connectivity index (χ0n) is 17.2. The van der Waals surface area contributed by atoms with E-state index < -0.39 is 5.91 Å². The fraction of sp³-hybridized carbons (Fsp3) is 0.125. The van der Waals surface area contributed by atoms with Crippen LogP contribution in [0.1, 0.15) is 11.1 Å². The van der Waals surface area contributed by atoms with Gasteiger partial charge in [-0.25, -0.2) is 0 Å². The Morgan fingerprint density at radius 2 is 1.58 bits per heavy atom. The number of aromatic nitrogens is 1. The Bertz CT molecular complexity index is 1140. The molecule has 0 unspecified atom stereocenters. The molecule has 0 aliphatic carbocycles. The Labute approximate surface area is 179 Å². The fourth-order valence-corrected chi connectivity index (χ4v) is 3.44. The van der Waals surface area contributed by atoms with Crippen LogP contribution >= 0.6 is 0 Å². The Kier molecular flexibility index (Phi) is 5.66. The van der Waals surface area contributed by atoms with E-state index in [-0.39, 0.29) is 18.1 Å². The number of imide groups is 1. The van der Waals surface area contributed by atoms with Crippen molar-refractivity contribution in [2.45, 2.75) is 6.54 Å². The van der Waals surface area contributed by atoms with Gasteiger partial charge in [-0.1, -0.05) is 30.3 Å². The molecular formula is C24H21N3O4. The molecular weight excluding hydrogens is 394 g/mol. The second-order valence-electron chi connectivity index (χ2n) is 6.86. The van der Waals surface area contributed by atoms with Crippen LogP contribution in [0.25, 0.3) is 5.57 Å². The third-order valence-electron chi connectivity index (χ3n) is 4.97. The number of carbonyl (C=O) groups excluding carboxylic acids is 2. The van der Waals surface area contributed by atoms with Crippen LogP contribution < -0.4 is 14.8 Å². The molecule has 3 aromatic rings. The number of anilines is 1. The zero-order chi connectivity index (χ0) is 21.8. The summed E-state index contributed by atoms with van der Waals surface area (Å²) in [7, 11) is 3.09. The number of amides is 2. The predicted octanol–water partition coefficient (Wildman–Crippen LogP) is 3.49. The van der Waals surface area contributed by atoms with Crippen molar-refractivity contribution >= 4 is 23.1 Å². The van der Waals surface area contributed by atoms with Gasteiger partial charge in [0.05, 0.1) is 26.3 Å². The third kappa shape index (κ3) is 3.98. The summed E-state index contributed by atoms with van der Waals surface area (Å²) in [5.74, 6) is 0.338. The molecule has 0 bridgehead atoms. The van der Waals surface area contributed by atoms with Crippen LogP contribution in [0.3, 0.4) is 0 Å². The van der Waals surface area contributed by atoms with Crippen molar-refractivity contribution in [3.63, 3.8) is 0 Å². The molecule has 0 radical (unpaired) electrons. The first-order valence-electron chi connectivity index (χ1n) is 9.66. The van der Waals surface area contributed by atoms with Crippen LogP contribution in [0.5, 0.6) is 11.5 Å². The summed E-state index contributed by atoms with van der Waals surface area (Å²) in [4.78, 5) is 31.8. The van der Waals surface area contributed by atoms with Crippen molar-refractivity contribution < 1.29 is 19.1 Å². The molecule has 2 heterocycles. The molecule has 7 heteroatoms. The summed E-state index contributed by atoms with van der Waals surface area (Å²) in [5.41, 5.74) is 2.64. The monoisotopic (exact) mass is 415 g/mol. The first-order valence-corrected chi connectivity index (χ1v) is 9.66. The minimum atomic E-state index is -0.393. The molecule has 7 nitrogen and oxygen atoms in total. The van der Waals surface area contributed by atoms with Crippen molar-refractivity contribution in [1.29, 1.82) is 0 Å². The van der Waals surface area contributed by atoms with Crippen LogP contribution in [0, 0.1) is 0 Å². The van der Waals surface area contributed by atoms with Gasteiger partial charge in [-0.3, -0.25) is 19.5 Å². The molecule has 0 spiro atoms. The molecule has 0 atom stereocenters. The predicted molar refractivity (Wildman–Crippen MR) is 116 cm³/mol. The van der Waals surface area contributed by atoms with E-state index >= 15 is 0 Å². The van der Waals surface area contributed by atoms with E-state index in [1.165, 1.54) is 12.0 Å². The van der Waals surface area contributed by atoms with E-state index in [4.69, 9.17) is 9.47 Å². The minimum Gasteiger partial charge on any atom is -0.493 e. The normalized spacial score (nSPS) is 13.5. The van der Waals surface area contributed by atoms with Crippen molar-refractivity contribution in [1.82, 2.24) is 9.88 Å². The largest absolute Gasteiger partial charge is 0.493 e. The lowest BCUT2D eigenvalue weighted by atomic mass is 10.0. The second-order valence-corrected chi connectivity index (χ2v) is 6.86. The minimum absolute atomic E-state index is 0.160. The quantitative estimate of drug-likeness (QED) is 0.595. The van der Waals surface area contributed by atoms with Gasteiger partial charge in [-0.15, -0.1) is 0 Å². The van der Waals surface area contributed by atoms with E-state index in [2.05, 4.69) is 10.3 Å². The lowest BCUT2D eigenvalue weighted by molar-refractivity contribution is -0.137. The number of carbonyl (C=O) groups is 2. The van der Waals surface area contributed by atoms with Gasteiger partial charge in [0, 0.05) is 24.1 Å². The second kappa shape index (κ2) is 8.71. The lowest BCUT2D eigenvalue weighted by Crippen LogP contribution is -2.32.